The Hall–Kier alpha value is -1.85. The van der Waals surface area contributed by atoms with Crippen molar-refractivity contribution in [3.63, 3.8) is 0 Å². The normalized spacial score (nSPS) is 24.7. The van der Waals surface area contributed by atoms with Crippen molar-refractivity contribution in [2.24, 2.45) is 11.3 Å². The molecular weight excluding hydrogens is 296 g/mol. The summed E-state index contributed by atoms with van der Waals surface area (Å²) in [5.41, 5.74) is 0.799. The predicted molar refractivity (Wildman–Crippen MR) is 82.9 cm³/mol. The fourth-order valence-electron chi connectivity index (χ4n) is 3.66. The van der Waals surface area contributed by atoms with E-state index in [4.69, 9.17) is 4.52 Å². The van der Waals surface area contributed by atoms with E-state index in [2.05, 4.69) is 5.16 Å². The molecule has 1 N–H and O–H groups in total. The second-order valence-corrected chi connectivity index (χ2v) is 7.13. The highest BCUT2D eigenvalue weighted by Gasteiger charge is 2.46. The van der Waals surface area contributed by atoms with Crippen LogP contribution in [0.3, 0.4) is 0 Å². The van der Waals surface area contributed by atoms with Crippen molar-refractivity contribution in [2.45, 2.75) is 52.4 Å². The number of hydrogen-bond donors (Lipinski definition) is 1. The molecule has 0 spiro atoms. The highest BCUT2D eigenvalue weighted by molar-refractivity contribution is 5.81. The molecule has 1 atom stereocenters. The number of likely N-dealkylation sites (tertiary alicyclic amines) is 1. The van der Waals surface area contributed by atoms with Gasteiger partial charge in [-0.05, 0) is 39.0 Å². The molecule has 1 aromatic rings. The Kier molecular flexibility index (Phi) is 4.17. The summed E-state index contributed by atoms with van der Waals surface area (Å²) in [7, 11) is 0. The molecule has 6 heteroatoms. The van der Waals surface area contributed by atoms with Crippen LogP contribution in [0.2, 0.25) is 0 Å². The van der Waals surface area contributed by atoms with Crippen molar-refractivity contribution in [1.29, 1.82) is 0 Å². The first kappa shape index (κ1) is 16.0. The van der Waals surface area contributed by atoms with Gasteiger partial charge in [-0.15, -0.1) is 0 Å². The topological polar surface area (TPSA) is 83.6 Å². The van der Waals surface area contributed by atoms with Crippen molar-refractivity contribution >= 4 is 11.9 Å². The number of nitrogens with zero attached hydrogens (tertiary/aromatic N) is 2. The zero-order valence-corrected chi connectivity index (χ0v) is 13.8. The average molecular weight is 320 g/mol. The molecule has 0 radical (unpaired) electrons. The second kappa shape index (κ2) is 5.98. The summed E-state index contributed by atoms with van der Waals surface area (Å²) >= 11 is 0. The van der Waals surface area contributed by atoms with E-state index in [9.17, 15) is 14.7 Å². The molecule has 0 aromatic carbocycles. The van der Waals surface area contributed by atoms with Gasteiger partial charge in [-0.3, -0.25) is 9.59 Å². The van der Waals surface area contributed by atoms with Gasteiger partial charge in [-0.1, -0.05) is 18.0 Å². The number of carboxylic acid groups (broad SMARTS) is 1. The van der Waals surface area contributed by atoms with Gasteiger partial charge in [0.2, 0.25) is 5.91 Å². The van der Waals surface area contributed by atoms with E-state index in [1.807, 2.05) is 6.92 Å². The fourth-order valence-corrected chi connectivity index (χ4v) is 3.66. The molecule has 1 aromatic heterocycles. The molecule has 1 aliphatic heterocycles. The molecule has 1 aliphatic carbocycles. The standard InChI is InChI=1S/C17H24N2O4/c1-11-14(12(2)23-18-11)8-15(20)19-7-3-6-17(10-19,16(21)22)9-13-4-5-13/h13H,3-10H2,1-2H3,(H,21,22). The van der Waals surface area contributed by atoms with E-state index in [0.717, 1.165) is 30.5 Å². The molecule has 126 valence electrons. The van der Waals surface area contributed by atoms with E-state index in [-0.39, 0.29) is 12.3 Å². The lowest BCUT2D eigenvalue weighted by atomic mass is 9.75. The van der Waals surface area contributed by atoms with Crippen LogP contribution < -0.4 is 0 Å². The van der Waals surface area contributed by atoms with Crippen LogP contribution in [-0.4, -0.2) is 40.1 Å². The van der Waals surface area contributed by atoms with Crippen LogP contribution in [0.1, 0.15) is 49.1 Å². The number of piperidine rings is 1. The van der Waals surface area contributed by atoms with Crippen LogP contribution in [0, 0.1) is 25.2 Å². The lowest BCUT2D eigenvalue weighted by Gasteiger charge is -2.40. The largest absolute Gasteiger partial charge is 0.481 e. The molecule has 23 heavy (non-hydrogen) atoms. The Balaban J connectivity index is 1.71. The summed E-state index contributed by atoms with van der Waals surface area (Å²) < 4.78 is 5.11. The monoisotopic (exact) mass is 320 g/mol. The number of aliphatic carboxylic acids is 1. The highest BCUT2D eigenvalue weighted by atomic mass is 16.5. The fraction of sp³-hybridized carbons (Fsp3) is 0.706. The number of carboxylic acids is 1. The molecule has 6 nitrogen and oxygen atoms in total. The van der Waals surface area contributed by atoms with E-state index >= 15 is 0 Å². The SMILES string of the molecule is Cc1noc(C)c1CC(=O)N1CCCC(CC2CC2)(C(=O)O)C1. The summed E-state index contributed by atoms with van der Waals surface area (Å²) in [5.74, 6) is 0.416. The summed E-state index contributed by atoms with van der Waals surface area (Å²) in [5, 5.41) is 13.6. The Bertz CT molecular complexity index is 601. The highest BCUT2D eigenvalue weighted by Crippen LogP contribution is 2.45. The molecule has 1 unspecified atom stereocenters. The molecule has 2 aliphatic rings. The number of hydrogen-bond acceptors (Lipinski definition) is 4. The minimum absolute atomic E-state index is 0.0273. The van der Waals surface area contributed by atoms with Gasteiger partial charge in [-0.25, -0.2) is 0 Å². The van der Waals surface area contributed by atoms with Gasteiger partial charge in [0.05, 0.1) is 17.5 Å². The van der Waals surface area contributed by atoms with Gasteiger partial charge in [0, 0.05) is 18.7 Å². The van der Waals surface area contributed by atoms with Gasteiger partial charge in [0.25, 0.3) is 0 Å². The zero-order chi connectivity index (χ0) is 16.6. The average Bonchev–Trinajstić information content (AvgIpc) is 3.27. The Morgan fingerprint density at radius 1 is 1.39 bits per heavy atom. The van der Waals surface area contributed by atoms with Crippen LogP contribution >= 0.6 is 0 Å². The molecular formula is C17H24N2O4. The number of carbonyl (C=O) groups excluding carboxylic acids is 1. The first-order valence-corrected chi connectivity index (χ1v) is 8.34. The van der Waals surface area contributed by atoms with Crippen LogP contribution in [0.5, 0.6) is 0 Å². The van der Waals surface area contributed by atoms with Crippen LogP contribution in [0.4, 0.5) is 0 Å². The maximum Gasteiger partial charge on any atom is 0.311 e. The molecule has 1 saturated heterocycles. The Morgan fingerprint density at radius 2 is 2.13 bits per heavy atom. The molecule has 2 heterocycles. The summed E-state index contributed by atoms with van der Waals surface area (Å²) in [6, 6.07) is 0. The van der Waals surface area contributed by atoms with E-state index in [1.165, 1.54) is 0 Å². The van der Waals surface area contributed by atoms with Crippen molar-refractivity contribution < 1.29 is 19.2 Å². The summed E-state index contributed by atoms with van der Waals surface area (Å²) in [6.45, 7) is 4.60. The Morgan fingerprint density at radius 3 is 2.70 bits per heavy atom. The third-order valence-electron chi connectivity index (χ3n) is 5.27. The van der Waals surface area contributed by atoms with Gasteiger partial charge in [0.15, 0.2) is 0 Å². The maximum absolute atomic E-state index is 12.6. The number of aromatic nitrogens is 1. The van der Waals surface area contributed by atoms with Gasteiger partial charge >= 0.3 is 5.97 Å². The van der Waals surface area contributed by atoms with Crippen molar-refractivity contribution in [3.05, 3.63) is 17.0 Å². The predicted octanol–water partition coefficient (Wildman–Crippen LogP) is 2.33. The smallest absolute Gasteiger partial charge is 0.311 e. The Labute approximate surface area is 135 Å². The maximum atomic E-state index is 12.6. The lowest BCUT2D eigenvalue weighted by Crippen LogP contribution is -2.50. The minimum Gasteiger partial charge on any atom is -0.481 e. The van der Waals surface area contributed by atoms with E-state index in [0.29, 0.717) is 37.6 Å². The lowest BCUT2D eigenvalue weighted by molar-refractivity contribution is -0.155. The third kappa shape index (κ3) is 3.26. The number of rotatable bonds is 5. The zero-order valence-electron chi connectivity index (χ0n) is 13.8. The van der Waals surface area contributed by atoms with Crippen molar-refractivity contribution in [1.82, 2.24) is 10.1 Å². The van der Waals surface area contributed by atoms with E-state index < -0.39 is 11.4 Å². The number of aryl methyl sites for hydroxylation is 2. The first-order valence-electron chi connectivity index (χ1n) is 8.34. The van der Waals surface area contributed by atoms with Crippen LogP contribution in [-0.2, 0) is 16.0 Å². The molecule has 0 bridgehead atoms. The minimum atomic E-state index is -0.756. The number of carbonyl (C=O) groups is 2. The van der Waals surface area contributed by atoms with Gasteiger partial charge in [-0.2, -0.15) is 0 Å². The van der Waals surface area contributed by atoms with Crippen LogP contribution in [0.25, 0.3) is 0 Å². The number of amides is 1. The first-order chi connectivity index (χ1) is 10.9. The second-order valence-electron chi connectivity index (χ2n) is 7.13. The van der Waals surface area contributed by atoms with Crippen molar-refractivity contribution in [2.75, 3.05) is 13.1 Å². The summed E-state index contributed by atoms with van der Waals surface area (Å²) in [4.78, 5) is 26.2. The quantitative estimate of drug-likeness (QED) is 0.900. The molecule has 3 rings (SSSR count). The van der Waals surface area contributed by atoms with Gasteiger partial charge < -0.3 is 14.5 Å². The summed E-state index contributed by atoms with van der Waals surface area (Å²) in [6.07, 6.45) is 4.63. The molecule has 2 fully saturated rings. The van der Waals surface area contributed by atoms with E-state index in [1.54, 1.807) is 11.8 Å². The van der Waals surface area contributed by atoms with Crippen molar-refractivity contribution in [3.8, 4) is 0 Å². The van der Waals surface area contributed by atoms with Gasteiger partial charge in [0.1, 0.15) is 5.76 Å². The van der Waals surface area contributed by atoms with Crippen LogP contribution in [0.15, 0.2) is 4.52 Å². The third-order valence-corrected chi connectivity index (χ3v) is 5.27. The molecule has 1 amide bonds. The molecule has 1 saturated carbocycles.